The Kier molecular flexibility index (Phi) is 7.34. The first kappa shape index (κ1) is 15.4. The quantitative estimate of drug-likeness (QED) is 0.701. The summed E-state index contributed by atoms with van der Waals surface area (Å²) < 4.78 is 0. The Morgan fingerprint density at radius 2 is 1.81 bits per heavy atom. The average Bonchev–Trinajstić information content (AvgIpc) is 2.26. The Morgan fingerprint density at radius 3 is 2.25 bits per heavy atom. The van der Waals surface area contributed by atoms with Crippen LogP contribution in [0.3, 0.4) is 0 Å². The van der Waals surface area contributed by atoms with Crippen molar-refractivity contribution >= 4 is 5.91 Å². The molecule has 4 heteroatoms. The van der Waals surface area contributed by atoms with E-state index in [0.29, 0.717) is 6.04 Å². The number of likely N-dealkylation sites (N-methyl/N-ethyl adjacent to an activating group) is 2. The molecular formula is C12H27N3O. The van der Waals surface area contributed by atoms with Crippen molar-refractivity contribution in [3.63, 3.8) is 0 Å². The number of hydrogen-bond donors (Lipinski definition) is 1. The number of rotatable bonds is 7. The van der Waals surface area contributed by atoms with Crippen molar-refractivity contribution in [1.82, 2.24) is 15.1 Å². The van der Waals surface area contributed by atoms with Crippen LogP contribution in [-0.2, 0) is 4.79 Å². The summed E-state index contributed by atoms with van der Waals surface area (Å²) in [7, 11) is 5.69. The molecule has 0 fully saturated rings. The third-order valence-corrected chi connectivity index (χ3v) is 3.07. The van der Waals surface area contributed by atoms with E-state index in [9.17, 15) is 4.79 Å². The fraction of sp³-hybridized carbons (Fsp3) is 0.917. The van der Waals surface area contributed by atoms with E-state index < -0.39 is 0 Å². The van der Waals surface area contributed by atoms with Gasteiger partial charge < -0.3 is 15.1 Å². The molecule has 96 valence electrons. The molecule has 0 saturated heterocycles. The molecule has 0 aromatic rings. The minimum Gasteiger partial charge on any atom is -0.347 e. The lowest BCUT2D eigenvalue weighted by atomic mass is 10.2. The largest absolute Gasteiger partial charge is 0.347 e. The standard InChI is InChI=1S/C12H27N3O/c1-7-10(2)15(6)9-8-13-11(3)12(16)14(4)5/h10-11,13H,7-9H2,1-6H3. The van der Waals surface area contributed by atoms with Crippen molar-refractivity contribution in [3.05, 3.63) is 0 Å². The van der Waals surface area contributed by atoms with Gasteiger partial charge in [-0.1, -0.05) is 6.92 Å². The van der Waals surface area contributed by atoms with E-state index in [1.54, 1.807) is 19.0 Å². The van der Waals surface area contributed by atoms with Crippen molar-refractivity contribution < 1.29 is 4.79 Å². The molecule has 0 heterocycles. The van der Waals surface area contributed by atoms with Crippen LogP contribution >= 0.6 is 0 Å². The molecule has 0 radical (unpaired) electrons. The Hall–Kier alpha value is -0.610. The molecule has 1 amide bonds. The van der Waals surface area contributed by atoms with Crippen LogP contribution in [-0.4, -0.2) is 62.0 Å². The van der Waals surface area contributed by atoms with Crippen LogP contribution in [0, 0.1) is 0 Å². The van der Waals surface area contributed by atoms with Gasteiger partial charge in [0, 0.05) is 33.2 Å². The number of carbonyl (C=O) groups excluding carboxylic acids is 1. The van der Waals surface area contributed by atoms with E-state index in [2.05, 4.69) is 31.1 Å². The van der Waals surface area contributed by atoms with E-state index in [1.165, 1.54) is 0 Å². The first-order valence-corrected chi connectivity index (χ1v) is 6.04. The molecule has 0 aliphatic heterocycles. The van der Waals surface area contributed by atoms with Crippen LogP contribution < -0.4 is 5.32 Å². The fourth-order valence-electron chi connectivity index (χ4n) is 1.46. The third kappa shape index (κ3) is 5.47. The minimum atomic E-state index is -0.0969. The lowest BCUT2D eigenvalue weighted by Crippen LogP contribution is -2.44. The maximum atomic E-state index is 11.6. The van der Waals surface area contributed by atoms with Crippen LogP contribution in [0.15, 0.2) is 0 Å². The molecular weight excluding hydrogens is 202 g/mol. The molecule has 16 heavy (non-hydrogen) atoms. The van der Waals surface area contributed by atoms with E-state index in [4.69, 9.17) is 0 Å². The number of carbonyl (C=O) groups is 1. The van der Waals surface area contributed by atoms with Gasteiger partial charge in [0.1, 0.15) is 0 Å². The molecule has 0 rings (SSSR count). The fourth-order valence-corrected chi connectivity index (χ4v) is 1.46. The van der Waals surface area contributed by atoms with Crippen molar-refractivity contribution in [3.8, 4) is 0 Å². The molecule has 0 aliphatic carbocycles. The predicted molar refractivity (Wildman–Crippen MR) is 68.5 cm³/mol. The van der Waals surface area contributed by atoms with E-state index >= 15 is 0 Å². The summed E-state index contributed by atoms with van der Waals surface area (Å²) >= 11 is 0. The van der Waals surface area contributed by atoms with Gasteiger partial charge in [-0.3, -0.25) is 4.79 Å². The maximum Gasteiger partial charge on any atom is 0.238 e. The summed E-state index contributed by atoms with van der Waals surface area (Å²) in [6.45, 7) is 8.13. The number of nitrogens with zero attached hydrogens (tertiary/aromatic N) is 2. The monoisotopic (exact) mass is 229 g/mol. The maximum absolute atomic E-state index is 11.6. The molecule has 0 spiro atoms. The second-order valence-electron chi connectivity index (χ2n) is 4.65. The van der Waals surface area contributed by atoms with E-state index in [-0.39, 0.29) is 11.9 Å². The molecule has 4 nitrogen and oxygen atoms in total. The molecule has 0 aromatic carbocycles. The smallest absolute Gasteiger partial charge is 0.238 e. The minimum absolute atomic E-state index is 0.0969. The summed E-state index contributed by atoms with van der Waals surface area (Å²) in [5.74, 6) is 0.131. The summed E-state index contributed by atoms with van der Waals surface area (Å²) in [5, 5.41) is 3.24. The van der Waals surface area contributed by atoms with Crippen LogP contribution in [0.4, 0.5) is 0 Å². The molecule has 2 atom stereocenters. The van der Waals surface area contributed by atoms with Crippen LogP contribution in [0.1, 0.15) is 27.2 Å². The Bertz CT molecular complexity index is 206. The Morgan fingerprint density at radius 1 is 1.25 bits per heavy atom. The van der Waals surface area contributed by atoms with Crippen molar-refractivity contribution in [2.75, 3.05) is 34.2 Å². The lowest BCUT2D eigenvalue weighted by molar-refractivity contribution is -0.130. The van der Waals surface area contributed by atoms with Crippen LogP contribution in [0.2, 0.25) is 0 Å². The molecule has 0 saturated carbocycles. The SMILES string of the molecule is CCC(C)N(C)CCNC(C)C(=O)N(C)C. The van der Waals surface area contributed by atoms with Gasteiger partial charge in [-0.05, 0) is 27.3 Å². The van der Waals surface area contributed by atoms with Crippen LogP contribution in [0.5, 0.6) is 0 Å². The zero-order valence-electron chi connectivity index (χ0n) is 11.6. The zero-order valence-corrected chi connectivity index (χ0v) is 11.6. The first-order chi connectivity index (χ1) is 7.40. The topological polar surface area (TPSA) is 35.6 Å². The predicted octanol–water partition coefficient (Wildman–Crippen LogP) is 0.783. The van der Waals surface area contributed by atoms with Gasteiger partial charge >= 0.3 is 0 Å². The van der Waals surface area contributed by atoms with E-state index in [0.717, 1.165) is 19.5 Å². The highest BCUT2D eigenvalue weighted by Crippen LogP contribution is 1.98. The second-order valence-corrected chi connectivity index (χ2v) is 4.65. The van der Waals surface area contributed by atoms with Crippen molar-refractivity contribution in [1.29, 1.82) is 0 Å². The molecule has 0 bridgehead atoms. The zero-order chi connectivity index (χ0) is 12.7. The molecule has 1 N–H and O–H groups in total. The van der Waals surface area contributed by atoms with Gasteiger partial charge in [-0.25, -0.2) is 0 Å². The van der Waals surface area contributed by atoms with Crippen molar-refractivity contribution in [2.24, 2.45) is 0 Å². The van der Waals surface area contributed by atoms with Crippen molar-refractivity contribution in [2.45, 2.75) is 39.3 Å². The first-order valence-electron chi connectivity index (χ1n) is 6.04. The molecule has 2 unspecified atom stereocenters. The summed E-state index contributed by atoms with van der Waals surface area (Å²) in [6, 6.07) is 0.502. The average molecular weight is 229 g/mol. The molecule has 0 aliphatic rings. The van der Waals surface area contributed by atoms with Gasteiger partial charge in [0.15, 0.2) is 0 Å². The Labute approximate surface area is 100.0 Å². The Balaban J connectivity index is 3.77. The van der Waals surface area contributed by atoms with Gasteiger partial charge in [0.25, 0.3) is 0 Å². The summed E-state index contributed by atoms with van der Waals surface area (Å²) in [5.41, 5.74) is 0. The van der Waals surface area contributed by atoms with Gasteiger partial charge in [0.2, 0.25) is 5.91 Å². The number of hydrogen-bond acceptors (Lipinski definition) is 3. The third-order valence-electron chi connectivity index (χ3n) is 3.07. The highest BCUT2D eigenvalue weighted by Gasteiger charge is 2.14. The number of amides is 1. The van der Waals surface area contributed by atoms with Gasteiger partial charge in [-0.2, -0.15) is 0 Å². The molecule has 0 aromatic heterocycles. The highest BCUT2D eigenvalue weighted by molar-refractivity contribution is 5.80. The second kappa shape index (κ2) is 7.63. The van der Waals surface area contributed by atoms with Crippen LogP contribution in [0.25, 0.3) is 0 Å². The summed E-state index contributed by atoms with van der Waals surface area (Å²) in [4.78, 5) is 15.5. The summed E-state index contributed by atoms with van der Waals surface area (Å²) in [6.07, 6.45) is 1.16. The number of nitrogens with one attached hydrogen (secondary N) is 1. The lowest BCUT2D eigenvalue weighted by Gasteiger charge is -2.25. The highest BCUT2D eigenvalue weighted by atomic mass is 16.2. The van der Waals surface area contributed by atoms with Gasteiger partial charge in [0.05, 0.1) is 6.04 Å². The van der Waals surface area contributed by atoms with Gasteiger partial charge in [-0.15, -0.1) is 0 Å². The normalized spacial score (nSPS) is 14.9. The van der Waals surface area contributed by atoms with E-state index in [1.807, 2.05) is 6.92 Å².